The van der Waals surface area contributed by atoms with Crippen molar-refractivity contribution in [1.29, 1.82) is 0 Å². The van der Waals surface area contributed by atoms with Crippen molar-refractivity contribution in [1.82, 2.24) is 4.90 Å². The fourth-order valence-corrected chi connectivity index (χ4v) is 4.64. The Kier molecular flexibility index (Phi) is 3.55. The molecule has 1 saturated heterocycles. The lowest BCUT2D eigenvalue weighted by Crippen LogP contribution is -2.39. The number of methoxy groups -OCH3 is 1. The van der Waals surface area contributed by atoms with Gasteiger partial charge in [-0.1, -0.05) is 0 Å². The predicted octanol–water partition coefficient (Wildman–Crippen LogP) is 1.66. The number of carbonyl (C=O) groups excluding carboxylic acids is 3. The van der Waals surface area contributed by atoms with Crippen LogP contribution in [0.2, 0.25) is 0 Å². The van der Waals surface area contributed by atoms with Crippen LogP contribution in [0.25, 0.3) is 0 Å². The number of amides is 3. The van der Waals surface area contributed by atoms with Crippen molar-refractivity contribution in [2.45, 2.75) is 19.3 Å². The van der Waals surface area contributed by atoms with E-state index in [1.165, 1.54) is 4.90 Å². The smallest absolute Gasteiger partial charge is 0.244 e. The second-order valence-corrected chi connectivity index (χ2v) is 6.92. The van der Waals surface area contributed by atoms with Gasteiger partial charge in [0, 0.05) is 5.69 Å². The van der Waals surface area contributed by atoms with Crippen molar-refractivity contribution in [3.63, 3.8) is 0 Å². The molecule has 4 atom stereocenters. The second kappa shape index (κ2) is 5.61. The summed E-state index contributed by atoms with van der Waals surface area (Å²) < 4.78 is 5.07. The molecule has 0 aromatic heterocycles. The van der Waals surface area contributed by atoms with Gasteiger partial charge in [0.1, 0.15) is 12.3 Å². The molecule has 24 heavy (non-hydrogen) atoms. The number of likely N-dealkylation sites (tertiary alicyclic amines) is 1. The molecule has 1 aliphatic heterocycles. The first kappa shape index (κ1) is 15.2. The molecule has 6 heteroatoms. The minimum atomic E-state index is -0.353. The molecule has 0 unspecified atom stereocenters. The molecule has 2 aliphatic carbocycles. The van der Waals surface area contributed by atoms with Gasteiger partial charge in [0.2, 0.25) is 17.7 Å². The van der Waals surface area contributed by atoms with Crippen LogP contribution in [0.5, 0.6) is 5.75 Å². The van der Waals surface area contributed by atoms with E-state index in [1.807, 2.05) is 0 Å². The summed E-state index contributed by atoms with van der Waals surface area (Å²) in [5, 5.41) is 2.72. The monoisotopic (exact) mass is 328 g/mol. The summed E-state index contributed by atoms with van der Waals surface area (Å²) in [6.07, 6.45) is 3.08. The van der Waals surface area contributed by atoms with E-state index < -0.39 is 0 Å². The van der Waals surface area contributed by atoms with E-state index in [4.69, 9.17) is 4.74 Å². The topological polar surface area (TPSA) is 75.7 Å². The van der Waals surface area contributed by atoms with Crippen LogP contribution in [0.15, 0.2) is 24.3 Å². The number of imide groups is 1. The number of carbonyl (C=O) groups is 3. The van der Waals surface area contributed by atoms with Gasteiger partial charge < -0.3 is 10.1 Å². The molecule has 6 nitrogen and oxygen atoms in total. The Labute approximate surface area is 140 Å². The fraction of sp³-hybridized carbons (Fsp3) is 0.500. The quantitative estimate of drug-likeness (QED) is 0.853. The van der Waals surface area contributed by atoms with Crippen LogP contribution in [-0.2, 0) is 14.4 Å². The number of hydrogen-bond acceptors (Lipinski definition) is 4. The number of anilines is 1. The normalized spacial score (nSPS) is 30.6. The Hall–Kier alpha value is -2.37. The fourth-order valence-electron chi connectivity index (χ4n) is 4.64. The number of benzene rings is 1. The van der Waals surface area contributed by atoms with E-state index in [0.717, 1.165) is 19.3 Å². The number of nitrogens with one attached hydrogen (secondary N) is 1. The average Bonchev–Trinajstić information content (AvgIpc) is 3.25. The minimum Gasteiger partial charge on any atom is -0.497 e. The lowest BCUT2D eigenvalue weighted by atomic mass is 9.81. The van der Waals surface area contributed by atoms with Crippen LogP contribution in [0, 0.1) is 23.7 Å². The van der Waals surface area contributed by atoms with Gasteiger partial charge in [0.25, 0.3) is 0 Å². The van der Waals surface area contributed by atoms with Crippen molar-refractivity contribution in [2.24, 2.45) is 23.7 Å². The van der Waals surface area contributed by atoms with E-state index in [1.54, 1.807) is 31.4 Å². The largest absolute Gasteiger partial charge is 0.497 e. The van der Waals surface area contributed by atoms with Crippen LogP contribution >= 0.6 is 0 Å². The maximum Gasteiger partial charge on any atom is 0.244 e. The zero-order valence-corrected chi connectivity index (χ0v) is 13.5. The molecule has 2 bridgehead atoms. The van der Waals surface area contributed by atoms with Gasteiger partial charge >= 0.3 is 0 Å². The Morgan fingerprint density at radius 2 is 1.71 bits per heavy atom. The number of fused-ring (bicyclic) bond motifs is 5. The third-order valence-electron chi connectivity index (χ3n) is 5.69. The first-order chi connectivity index (χ1) is 11.6. The third-order valence-corrected chi connectivity index (χ3v) is 5.69. The number of rotatable bonds is 4. The van der Waals surface area contributed by atoms with Crippen LogP contribution in [0.3, 0.4) is 0 Å². The van der Waals surface area contributed by atoms with Crippen LogP contribution < -0.4 is 10.1 Å². The standard InChI is InChI=1S/C18H20N2O4/c1-24-13-6-4-12(5-7-13)19-14(21)9-20-17(22)15-10-2-3-11(8-10)16(15)18(20)23/h4-7,10-11,15-16H,2-3,8-9H2,1H3,(H,19,21)/t10-,11-,15-,16-/m0/s1. The molecule has 2 saturated carbocycles. The number of nitrogens with zero attached hydrogens (tertiary/aromatic N) is 1. The summed E-state index contributed by atoms with van der Waals surface area (Å²) in [5.74, 6) is 0.367. The van der Waals surface area contributed by atoms with E-state index in [2.05, 4.69) is 5.32 Å². The van der Waals surface area contributed by atoms with Gasteiger partial charge in [-0.05, 0) is 55.4 Å². The molecule has 1 N–H and O–H groups in total. The lowest BCUT2D eigenvalue weighted by molar-refractivity contribution is -0.143. The summed E-state index contributed by atoms with van der Waals surface area (Å²) in [5.41, 5.74) is 0.611. The third kappa shape index (κ3) is 2.28. The highest BCUT2D eigenvalue weighted by Crippen LogP contribution is 2.56. The Morgan fingerprint density at radius 3 is 2.25 bits per heavy atom. The molecule has 1 aromatic carbocycles. The van der Waals surface area contributed by atoms with Crippen LogP contribution in [0.4, 0.5) is 5.69 Å². The van der Waals surface area contributed by atoms with E-state index in [9.17, 15) is 14.4 Å². The Bertz CT molecular complexity index is 671. The van der Waals surface area contributed by atoms with Crippen molar-refractivity contribution >= 4 is 23.4 Å². The van der Waals surface area contributed by atoms with Crippen LogP contribution in [-0.4, -0.2) is 36.3 Å². The minimum absolute atomic E-state index is 0.151. The molecule has 1 aromatic rings. The van der Waals surface area contributed by atoms with Gasteiger partial charge in [-0.2, -0.15) is 0 Å². The molecule has 0 radical (unpaired) electrons. The molecular formula is C18H20N2O4. The van der Waals surface area contributed by atoms with Crippen molar-refractivity contribution < 1.29 is 19.1 Å². The lowest BCUT2D eigenvalue weighted by Gasteiger charge is -2.19. The SMILES string of the molecule is COc1ccc(NC(=O)CN2C(=O)[C@H]3[C@H]4CC[C@@H](C4)[C@@H]3C2=O)cc1. The van der Waals surface area contributed by atoms with Gasteiger partial charge in [-0.15, -0.1) is 0 Å². The first-order valence-corrected chi connectivity index (χ1v) is 8.37. The summed E-state index contributed by atoms with van der Waals surface area (Å²) in [6, 6.07) is 6.92. The molecule has 4 rings (SSSR count). The highest BCUT2D eigenvalue weighted by atomic mass is 16.5. The van der Waals surface area contributed by atoms with Gasteiger partial charge in [-0.25, -0.2) is 0 Å². The molecular weight excluding hydrogens is 308 g/mol. The highest BCUT2D eigenvalue weighted by Gasteiger charge is 2.60. The van der Waals surface area contributed by atoms with E-state index in [-0.39, 0.29) is 36.1 Å². The maximum absolute atomic E-state index is 12.6. The zero-order chi connectivity index (χ0) is 16.8. The summed E-state index contributed by atoms with van der Waals surface area (Å²) >= 11 is 0. The van der Waals surface area contributed by atoms with Gasteiger partial charge in [0.05, 0.1) is 18.9 Å². The summed E-state index contributed by atoms with van der Waals surface area (Å²) in [4.78, 5) is 38.5. The van der Waals surface area contributed by atoms with Crippen molar-refractivity contribution in [3.05, 3.63) is 24.3 Å². The van der Waals surface area contributed by atoms with Gasteiger partial charge in [-0.3, -0.25) is 19.3 Å². The molecule has 1 heterocycles. The number of hydrogen-bond donors (Lipinski definition) is 1. The molecule has 3 aliphatic rings. The molecule has 3 fully saturated rings. The van der Waals surface area contributed by atoms with Gasteiger partial charge in [0.15, 0.2) is 0 Å². The van der Waals surface area contributed by atoms with Crippen LogP contribution in [0.1, 0.15) is 19.3 Å². The predicted molar refractivity (Wildman–Crippen MR) is 86.2 cm³/mol. The van der Waals surface area contributed by atoms with E-state index >= 15 is 0 Å². The highest BCUT2D eigenvalue weighted by molar-refractivity contribution is 6.09. The Balaban J connectivity index is 1.42. The second-order valence-electron chi connectivity index (χ2n) is 6.92. The first-order valence-electron chi connectivity index (χ1n) is 8.37. The maximum atomic E-state index is 12.6. The summed E-state index contributed by atoms with van der Waals surface area (Å²) in [7, 11) is 1.57. The molecule has 0 spiro atoms. The van der Waals surface area contributed by atoms with E-state index in [0.29, 0.717) is 23.3 Å². The van der Waals surface area contributed by atoms with Crippen molar-refractivity contribution in [2.75, 3.05) is 19.0 Å². The molecule has 126 valence electrons. The zero-order valence-electron chi connectivity index (χ0n) is 13.5. The average molecular weight is 328 g/mol. The Morgan fingerprint density at radius 1 is 1.12 bits per heavy atom. The number of ether oxygens (including phenoxy) is 1. The van der Waals surface area contributed by atoms with Crippen molar-refractivity contribution in [3.8, 4) is 5.75 Å². The summed E-state index contributed by atoms with van der Waals surface area (Å²) in [6.45, 7) is -0.198. The molecule has 3 amide bonds.